The molecule has 4 heteroatoms. The number of hydrogen-bond acceptors (Lipinski definition) is 3. The van der Waals surface area contributed by atoms with Crippen LogP contribution in [0.15, 0.2) is 97.1 Å². The van der Waals surface area contributed by atoms with Crippen molar-refractivity contribution >= 4 is 6.09 Å². The molecule has 0 saturated heterocycles. The SMILES string of the molecule is Cc1ccc(-c2ccc(-c3ccc(-c4ccccc4)cc3)cc2)c(OCNC(=O)OC(C)(C)C)c1. The predicted molar refractivity (Wildman–Crippen MR) is 142 cm³/mol. The van der Waals surface area contributed by atoms with Gasteiger partial charge in [0, 0.05) is 5.56 Å². The van der Waals surface area contributed by atoms with Crippen molar-refractivity contribution < 1.29 is 14.3 Å². The highest BCUT2D eigenvalue weighted by molar-refractivity contribution is 5.76. The standard InChI is InChI=1S/C31H31NO3/c1-22-10-19-28(29(20-22)34-21-32-30(33)35-31(2,3)4)27-17-15-26(16-18-27)25-13-11-24(12-14-25)23-8-6-5-7-9-23/h5-20H,21H2,1-4H3,(H,32,33). The molecule has 0 heterocycles. The summed E-state index contributed by atoms with van der Waals surface area (Å²) in [5, 5.41) is 2.65. The van der Waals surface area contributed by atoms with E-state index < -0.39 is 11.7 Å². The molecule has 4 nitrogen and oxygen atoms in total. The van der Waals surface area contributed by atoms with E-state index in [4.69, 9.17) is 9.47 Å². The minimum absolute atomic E-state index is 0.0250. The van der Waals surface area contributed by atoms with Gasteiger partial charge in [-0.3, -0.25) is 5.32 Å². The Balaban J connectivity index is 1.48. The molecule has 0 aromatic heterocycles. The number of alkyl carbamates (subject to hydrolysis) is 1. The van der Waals surface area contributed by atoms with E-state index in [9.17, 15) is 4.79 Å². The van der Waals surface area contributed by atoms with E-state index in [0.29, 0.717) is 5.75 Å². The van der Waals surface area contributed by atoms with E-state index in [1.165, 1.54) is 11.1 Å². The van der Waals surface area contributed by atoms with Crippen LogP contribution in [-0.4, -0.2) is 18.4 Å². The number of carbonyl (C=O) groups is 1. The van der Waals surface area contributed by atoms with Crippen LogP contribution in [0.3, 0.4) is 0 Å². The van der Waals surface area contributed by atoms with Crippen LogP contribution in [0.5, 0.6) is 5.75 Å². The molecule has 0 saturated carbocycles. The van der Waals surface area contributed by atoms with Gasteiger partial charge in [-0.15, -0.1) is 0 Å². The molecule has 0 spiro atoms. The third-order valence-corrected chi connectivity index (χ3v) is 5.50. The fraction of sp³-hybridized carbons (Fsp3) is 0.194. The molecule has 0 bridgehead atoms. The highest BCUT2D eigenvalue weighted by Crippen LogP contribution is 2.33. The highest BCUT2D eigenvalue weighted by Gasteiger charge is 2.16. The summed E-state index contributed by atoms with van der Waals surface area (Å²) in [6, 6.07) is 33.5. The monoisotopic (exact) mass is 465 g/mol. The van der Waals surface area contributed by atoms with Gasteiger partial charge >= 0.3 is 6.09 Å². The molecule has 0 aliphatic rings. The Kier molecular flexibility index (Phi) is 7.21. The molecule has 4 aromatic rings. The molecule has 0 radical (unpaired) electrons. The van der Waals surface area contributed by atoms with E-state index in [1.807, 2.05) is 45.9 Å². The Hall–Kier alpha value is -4.05. The summed E-state index contributed by atoms with van der Waals surface area (Å²) >= 11 is 0. The maximum atomic E-state index is 11.9. The van der Waals surface area contributed by atoms with Gasteiger partial charge in [0.25, 0.3) is 0 Å². The largest absolute Gasteiger partial charge is 0.472 e. The zero-order valence-corrected chi connectivity index (χ0v) is 20.7. The van der Waals surface area contributed by atoms with Gasteiger partial charge in [0.05, 0.1) is 0 Å². The number of benzene rings is 4. The van der Waals surface area contributed by atoms with Gasteiger partial charge in [-0.1, -0.05) is 91.0 Å². The third-order valence-electron chi connectivity index (χ3n) is 5.50. The molecule has 0 atom stereocenters. The molecule has 4 rings (SSSR count). The Labute approximate surface area is 207 Å². The molecule has 1 amide bonds. The number of nitrogens with one attached hydrogen (secondary N) is 1. The van der Waals surface area contributed by atoms with Crippen LogP contribution in [0.25, 0.3) is 33.4 Å². The average Bonchev–Trinajstić information content (AvgIpc) is 2.84. The Morgan fingerprint density at radius 2 is 1.23 bits per heavy atom. The zero-order valence-electron chi connectivity index (χ0n) is 20.7. The number of hydrogen-bond donors (Lipinski definition) is 1. The average molecular weight is 466 g/mol. The first kappa shape index (κ1) is 24.1. The summed E-state index contributed by atoms with van der Waals surface area (Å²) in [5.41, 5.74) is 7.26. The van der Waals surface area contributed by atoms with Gasteiger partial charge in [0.1, 0.15) is 11.4 Å². The van der Waals surface area contributed by atoms with E-state index in [2.05, 4.69) is 84.2 Å². The minimum Gasteiger partial charge on any atom is -0.472 e. The maximum Gasteiger partial charge on any atom is 0.410 e. The lowest BCUT2D eigenvalue weighted by Gasteiger charge is -2.20. The zero-order chi connectivity index (χ0) is 24.8. The first-order valence-corrected chi connectivity index (χ1v) is 11.8. The van der Waals surface area contributed by atoms with Crippen molar-refractivity contribution in [3.8, 4) is 39.1 Å². The van der Waals surface area contributed by atoms with Crippen molar-refractivity contribution in [3.63, 3.8) is 0 Å². The maximum absolute atomic E-state index is 11.9. The second kappa shape index (κ2) is 10.5. The molecule has 0 aliphatic heterocycles. The smallest absolute Gasteiger partial charge is 0.410 e. The summed E-state index contributed by atoms with van der Waals surface area (Å²) in [5.74, 6) is 0.709. The van der Waals surface area contributed by atoms with Crippen LogP contribution >= 0.6 is 0 Å². The second-order valence-electron chi connectivity index (χ2n) is 9.49. The fourth-order valence-corrected chi connectivity index (χ4v) is 3.80. The van der Waals surface area contributed by atoms with Crippen molar-refractivity contribution in [1.82, 2.24) is 5.32 Å². The predicted octanol–water partition coefficient (Wildman–Crippen LogP) is 7.86. The molecule has 0 fully saturated rings. The lowest BCUT2D eigenvalue weighted by Crippen LogP contribution is -2.34. The number of rotatable bonds is 6. The molecule has 0 unspecified atom stereocenters. The summed E-state index contributed by atoms with van der Waals surface area (Å²) in [4.78, 5) is 11.9. The van der Waals surface area contributed by atoms with Crippen molar-refractivity contribution in [2.45, 2.75) is 33.3 Å². The van der Waals surface area contributed by atoms with Crippen LogP contribution < -0.4 is 10.1 Å². The topological polar surface area (TPSA) is 47.6 Å². The summed E-state index contributed by atoms with van der Waals surface area (Å²) < 4.78 is 11.2. The summed E-state index contributed by atoms with van der Waals surface area (Å²) in [6.07, 6.45) is -0.505. The molecular formula is C31H31NO3. The lowest BCUT2D eigenvalue weighted by molar-refractivity contribution is 0.0485. The van der Waals surface area contributed by atoms with Crippen LogP contribution in [0.2, 0.25) is 0 Å². The van der Waals surface area contributed by atoms with Gasteiger partial charge < -0.3 is 9.47 Å². The number of aryl methyl sites for hydroxylation is 1. The van der Waals surface area contributed by atoms with E-state index in [-0.39, 0.29) is 6.73 Å². The second-order valence-corrected chi connectivity index (χ2v) is 9.49. The van der Waals surface area contributed by atoms with E-state index >= 15 is 0 Å². The quantitative estimate of drug-likeness (QED) is 0.295. The molecule has 35 heavy (non-hydrogen) atoms. The van der Waals surface area contributed by atoms with Crippen LogP contribution in [-0.2, 0) is 4.74 Å². The highest BCUT2D eigenvalue weighted by atomic mass is 16.6. The summed E-state index contributed by atoms with van der Waals surface area (Å²) in [6.45, 7) is 7.52. The van der Waals surface area contributed by atoms with Gasteiger partial charge in [-0.05, 0) is 67.1 Å². The number of amides is 1. The van der Waals surface area contributed by atoms with E-state index in [0.717, 1.165) is 27.8 Å². The fourth-order valence-electron chi connectivity index (χ4n) is 3.80. The number of carbonyl (C=O) groups excluding carboxylic acids is 1. The van der Waals surface area contributed by atoms with Crippen molar-refractivity contribution in [2.24, 2.45) is 0 Å². The van der Waals surface area contributed by atoms with Crippen LogP contribution in [0.1, 0.15) is 26.3 Å². The van der Waals surface area contributed by atoms with Gasteiger partial charge in [-0.2, -0.15) is 0 Å². The van der Waals surface area contributed by atoms with Gasteiger partial charge in [0.15, 0.2) is 6.73 Å². The van der Waals surface area contributed by atoms with Crippen molar-refractivity contribution in [1.29, 1.82) is 0 Å². The lowest BCUT2D eigenvalue weighted by atomic mass is 9.97. The molecule has 0 aliphatic carbocycles. The first-order chi connectivity index (χ1) is 16.8. The Morgan fingerprint density at radius 3 is 1.77 bits per heavy atom. The van der Waals surface area contributed by atoms with E-state index in [1.54, 1.807) is 0 Å². The Morgan fingerprint density at radius 1 is 0.714 bits per heavy atom. The Bertz CT molecular complexity index is 1270. The number of ether oxygens (including phenoxy) is 2. The van der Waals surface area contributed by atoms with Gasteiger partial charge in [-0.25, -0.2) is 4.79 Å². The third kappa shape index (κ3) is 6.51. The van der Waals surface area contributed by atoms with Gasteiger partial charge in [0.2, 0.25) is 0 Å². The van der Waals surface area contributed by atoms with Crippen molar-refractivity contribution in [3.05, 3.63) is 103 Å². The van der Waals surface area contributed by atoms with Crippen LogP contribution in [0, 0.1) is 6.92 Å². The molecule has 1 N–H and O–H groups in total. The summed E-state index contributed by atoms with van der Waals surface area (Å²) in [7, 11) is 0. The molecule has 178 valence electrons. The molecular weight excluding hydrogens is 434 g/mol. The normalized spacial score (nSPS) is 11.1. The first-order valence-electron chi connectivity index (χ1n) is 11.8. The minimum atomic E-state index is -0.553. The molecule has 4 aromatic carbocycles. The van der Waals surface area contributed by atoms with Crippen molar-refractivity contribution in [2.75, 3.05) is 6.73 Å². The van der Waals surface area contributed by atoms with Crippen LogP contribution in [0.4, 0.5) is 4.79 Å².